The summed E-state index contributed by atoms with van der Waals surface area (Å²) < 4.78 is 7.40. The molecule has 6 nitrogen and oxygen atoms in total. The second kappa shape index (κ2) is 8.66. The first kappa shape index (κ1) is 18.2. The first-order valence-corrected chi connectivity index (χ1v) is 8.31. The van der Waals surface area contributed by atoms with E-state index in [1.165, 1.54) is 0 Å². The predicted octanol–water partition coefficient (Wildman–Crippen LogP) is 1.52. The lowest BCUT2D eigenvalue weighted by atomic mass is 9.94. The molecule has 1 N–H and O–H groups in total. The maximum atomic E-state index is 12.7. The summed E-state index contributed by atoms with van der Waals surface area (Å²) in [5, 5.41) is 3.38. The number of aromatic nitrogens is 2. The van der Waals surface area contributed by atoms with Crippen LogP contribution in [0, 0.1) is 5.92 Å². The number of amides is 1. The first-order valence-electron chi connectivity index (χ1n) is 8.31. The van der Waals surface area contributed by atoms with Gasteiger partial charge < -0.3 is 19.5 Å². The fourth-order valence-corrected chi connectivity index (χ4v) is 3.44. The van der Waals surface area contributed by atoms with Crippen LogP contribution in [0.15, 0.2) is 12.4 Å². The van der Waals surface area contributed by atoms with Gasteiger partial charge in [-0.1, -0.05) is 0 Å². The highest BCUT2D eigenvalue weighted by Crippen LogP contribution is 2.24. The van der Waals surface area contributed by atoms with Gasteiger partial charge in [0.15, 0.2) is 0 Å². The van der Waals surface area contributed by atoms with Crippen molar-refractivity contribution in [3.8, 4) is 0 Å². The van der Waals surface area contributed by atoms with Crippen molar-refractivity contribution in [2.75, 3.05) is 32.8 Å². The number of halogens is 1. The van der Waals surface area contributed by atoms with E-state index < -0.39 is 0 Å². The van der Waals surface area contributed by atoms with Crippen molar-refractivity contribution < 1.29 is 9.53 Å². The molecule has 0 spiro atoms. The number of nitrogens with one attached hydrogen (secondary N) is 1. The Morgan fingerprint density at radius 2 is 2.22 bits per heavy atom. The SMILES string of the molecule is Cl.Cn1ccnc1C1CNCCN1C(=O)CCC1CCOCC1. The molecule has 0 saturated carbocycles. The summed E-state index contributed by atoms with van der Waals surface area (Å²) in [4.78, 5) is 19.1. The van der Waals surface area contributed by atoms with Gasteiger partial charge in [-0.2, -0.15) is 0 Å². The maximum Gasteiger partial charge on any atom is 0.223 e. The molecule has 1 unspecified atom stereocenters. The van der Waals surface area contributed by atoms with Crippen LogP contribution in [0.5, 0.6) is 0 Å². The van der Waals surface area contributed by atoms with Crippen LogP contribution in [-0.4, -0.2) is 53.2 Å². The number of aryl methyl sites for hydroxylation is 1. The molecular formula is C16H27ClN4O2. The molecule has 2 fully saturated rings. The van der Waals surface area contributed by atoms with Gasteiger partial charge >= 0.3 is 0 Å². The summed E-state index contributed by atoms with van der Waals surface area (Å²) in [7, 11) is 1.99. The molecule has 1 aromatic heterocycles. The quantitative estimate of drug-likeness (QED) is 0.901. The first-order chi connectivity index (χ1) is 10.8. The number of nitrogens with zero attached hydrogens (tertiary/aromatic N) is 3. The van der Waals surface area contributed by atoms with E-state index in [2.05, 4.69) is 10.3 Å². The van der Waals surface area contributed by atoms with Crippen LogP contribution in [0.4, 0.5) is 0 Å². The topological polar surface area (TPSA) is 59.4 Å². The van der Waals surface area contributed by atoms with Crippen molar-refractivity contribution >= 4 is 18.3 Å². The van der Waals surface area contributed by atoms with Crippen LogP contribution < -0.4 is 5.32 Å². The van der Waals surface area contributed by atoms with Gasteiger partial charge in [0.05, 0.1) is 0 Å². The minimum Gasteiger partial charge on any atom is -0.381 e. The third-order valence-electron chi connectivity index (χ3n) is 4.83. The summed E-state index contributed by atoms with van der Waals surface area (Å²) in [5.74, 6) is 1.87. The zero-order valence-electron chi connectivity index (χ0n) is 13.7. The molecule has 3 heterocycles. The molecule has 23 heavy (non-hydrogen) atoms. The fraction of sp³-hybridized carbons (Fsp3) is 0.750. The van der Waals surface area contributed by atoms with Gasteiger partial charge in [-0.3, -0.25) is 4.79 Å². The number of imidazole rings is 1. The smallest absolute Gasteiger partial charge is 0.223 e. The van der Waals surface area contributed by atoms with Gasteiger partial charge in [-0.25, -0.2) is 4.98 Å². The second-order valence-corrected chi connectivity index (χ2v) is 6.30. The molecule has 0 aliphatic carbocycles. The second-order valence-electron chi connectivity index (χ2n) is 6.30. The Labute approximate surface area is 144 Å². The van der Waals surface area contributed by atoms with Gasteiger partial charge in [0.1, 0.15) is 11.9 Å². The van der Waals surface area contributed by atoms with Crippen LogP contribution in [0.2, 0.25) is 0 Å². The minimum absolute atomic E-state index is 0. The third-order valence-corrected chi connectivity index (χ3v) is 4.83. The van der Waals surface area contributed by atoms with Crippen LogP contribution in [-0.2, 0) is 16.6 Å². The monoisotopic (exact) mass is 342 g/mol. The van der Waals surface area contributed by atoms with E-state index in [4.69, 9.17) is 4.74 Å². The van der Waals surface area contributed by atoms with Crippen molar-refractivity contribution in [2.24, 2.45) is 13.0 Å². The lowest BCUT2D eigenvalue weighted by molar-refractivity contribution is -0.135. The van der Waals surface area contributed by atoms with Crippen molar-refractivity contribution in [1.29, 1.82) is 0 Å². The number of hydrogen-bond donors (Lipinski definition) is 1. The molecular weight excluding hydrogens is 316 g/mol. The Kier molecular flexibility index (Phi) is 6.87. The Morgan fingerprint density at radius 1 is 1.43 bits per heavy atom. The molecule has 2 aliphatic heterocycles. The Hall–Kier alpha value is -1.11. The van der Waals surface area contributed by atoms with E-state index in [1.54, 1.807) is 6.20 Å². The van der Waals surface area contributed by atoms with E-state index in [-0.39, 0.29) is 24.4 Å². The molecule has 1 aromatic rings. The number of rotatable bonds is 4. The predicted molar refractivity (Wildman–Crippen MR) is 90.6 cm³/mol. The molecule has 2 aliphatic rings. The zero-order valence-corrected chi connectivity index (χ0v) is 14.6. The molecule has 0 bridgehead atoms. The molecule has 2 saturated heterocycles. The minimum atomic E-state index is 0. The maximum absolute atomic E-state index is 12.7. The van der Waals surface area contributed by atoms with Gasteiger partial charge in [-0.05, 0) is 25.2 Å². The summed E-state index contributed by atoms with van der Waals surface area (Å²) >= 11 is 0. The highest BCUT2D eigenvalue weighted by molar-refractivity contribution is 5.85. The van der Waals surface area contributed by atoms with E-state index >= 15 is 0 Å². The summed E-state index contributed by atoms with van der Waals surface area (Å²) in [6, 6.07) is 0.0518. The van der Waals surface area contributed by atoms with E-state index in [1.807, 2.05) is 22.7 Å². The molecule has 1 atom stereocenters. The molecule has 0 aromatic carbocycles. The van der Waals surface area contributed by atoms with Crippen molar-refractivity contribution in [3.63, 3.8) is 0 Å². The van der Waals surface area contributed by atoms with Crippen LogP contribution in [0.1, 0.15) is 37.5 Å². The number of hydrogen-bond acceptors (Lipinski definition) is 4. The highest BCUT2D eigenvalue weighted by atomic mass is 35.5. The number of ether oxygens (including phenoxy) is 1. The van der Waals surface area contributed by atoms with Gasteiger partial charge in [0, 0.05) is 58.7 Å². The van der Waals surface area contributed by atoms with E-state index in [9.17, 15) is 4.79 Å². The normalized spacial score (nSPS) is 22.7. The molecule has 7 heteroatoms. The van der Waals surface area contributed by atoms with Gasteiger partial charge in [0.25, 0.3) is 0 Å². The Bertz CT molecular complexity index is 502. The van der Waals surface area contributed by atoms with Gasteiger partial charge in [-0.15, -0.1) is 12.4 Å². The lowest BCUT2D eigenvalue weighted by Crippen LogP contribution is -2.49. The number of carbonyl (C=O) groups is 1. The summed E-state index contributed by atoms with van der Waals surface area (Å²) in [5.41, 5.74) is 0. The lowest BCUT2D eigenvalue weighted by Gasteiger charge is -2.36. The van der Waals surface area contributed by atoms with E-state index in [0.717, 1.165) is 57.9 Å². The number of carbonyl (C=O) groups excluding carboxylic acids is 1. The molecule has 130 valence electrons. The van der Waals surface area contributed by atoms with Crippen molar-refractivity contribution in [2.45, 2.75) is 31.7 Å². The summed E-state index contributed by atoms with van der Waals surface area (Å²) in [6.07, 6.45) is 7.56. The molecule has 0 radical (unpaired) electrons. The number of piperazine rings is 1. The van der Waals surface area contributed by atoms with Crippen molar-refractivity contribution in [1.82, 2.24) is 19.8 Å². The standard InChI is InChI=1S/C16H26N4O2.ClH/c1-19-8-7-18-16(19)14-12-17-6-9-20(14)15(21)3-2-13-4-10-22-11-5-13;/h7-8,13-14,17H,2-6,9-12H2,1H3;1H. The highest BCUT2D eigenvalue weighted by Gasteiger charge is 2.30. The zero-order chi connectivity index (χ0) is 15.4. The molecule has 1 amide bonds. The third kappa shape index (κ3) is 4.46. The Morgan fingerprint density at radius 3 is 2.91 bits per heavy atom. The Balaban J connectivity index is 0.00000192. The summed E-state index contributed by atoms with van der Waals surface area (Å²) in [6.45, 7) is 4.12. The van der Waals surface area contributed by atoms with Crippen LogP contribution in [0.3, 0.4) is 0 Å². The van der Waals surface area contributed by atoms with Gasteiger partial charge in [0.2, 0.25) is 5.91 Å². The average molecular weight is 343 g/mol. The largest absolute Gasteiger partial charge is 0.381 e. The van der Waals surface area contributed by atoms with Crippen molar-refractivity contribution in [3.05, 3.63) is 18.2 Å². The van der Waals surface area contributed by atoms with E-state index in [0.29, 0.717) is 12.3 Å². The fourth-order valence-electron chi connectivity index (χ4n) is 3.44. The molecule has 3 rings (SSSR count). The van der Waals surface area contributed by atoms with Crippen LogP contribution in [0.25, 0.3) is 0 Å². The van der Waals surface area contributed by atoms with Crippen LogP contribution >= 0.6 is 12.4 Å². The average Bonchev–Trinajstić information content (AvgIpc) is 2.99.